The Morgan fingerprint density at radius 1 is 0.870 bits per heavy atom. The molecule has 0 aliphatic carbocycles. The van der Waals surface area contributed by atoms with E-state index in [1.54, 1.807) is 36.4 Å². The average molecular weight is 330 g/mol. The second-order valence-corrected chi connectivity index (χ2v) is 5.75. The first-order valence-corrected chi connectivity index (χ1v) is 7.88. The van der Waals surface area contributed by atoms with Crippen molar-refractivity contribution in [2.75, 3.05) is 13.2 Å². The molecule has 2 aromatic rings. The lowest BCUT2D eigenvalue weighted by atomic mass is 10.1. The molecule has 0 fully saturated rings. The second kappa shape index (κ2) is 6.84. The monoisotopic (exact) mass is 329 g/mol. The number of unbranched alkanes of at least 4 members (excludes halogenated alkanes) is 1. The summed E-state index contributed by atoms with van der Waals surface area (Å²) < 4.78 is 5.59. The van der Waals surface area contributed by atoms with Gasteiger partial charge in [0.2, 0.25) is 0 Å². The summed E-state index contributed by atoms with van der Waals surface area (Å²) in [5.41, 5.74) is 0.991. The first-order valence-electron chi connectivity index (χ1n) is 7.50. The zero-order chi connectivity index (χ0) is 16.2. The Balaban J connectivity index is 1.46. The number of hydrogen-bond acceptors (Lipinski definition) is 3. The van der Waals surface area contributed by atoms with Gasteiger partial charge in [0.05, 0.1) is 17.7 Å². The van der Waals surface area contributed by atoms with Gasteiger partial charge in [-0.15, -0.1) is 0 Å². The maximum absolute atomic E-state index is 12.2. The van der Waals surface area contributed by atoms with Gasteiger partial charge in [-0.1, -0.05) is 23.7 Å². The maximum atomic E-state index is 12.2. The van der Waals surface area contributed by atoms with E-state index in [1.807, 2.05) is 12.1 Å². The fourth-order valence-corrected chi connectivity index (χ4v) is 2.66. The fraction of sp³-hybridized carbons (Fsp3) is 0.222. The molecule has 0 aromatic heterocycles. The lowest BCUT2D eigenvalue weighted by Gasteiger charge is -2.13. The summed E-state index contributed by atoms with van der Waals surface area (Å²) in [6.45, 7) is 0.946. The van der Waals surface area contributed by atoms with Gasteiger partial charge in [-0.3, -0.25) is 14.5 Å². The van der Waals surface area contributed by atoms with Crippen LogP contribution in [0, 0.1) is 0 Å². The highest BCUT2D eigenvalue weighted by atomic mass is 35.5. The van der Waals surface area contributed by atoms with Crippen LogP contribution in [0.3, 0.4) is 0 Å². The van der Waals surface area contributed by atoms with Crippen molar-refractivity contribution in [3.05, 3.63) is 64.7 Å². The highest BCUT2D eigenvalue weighted by Crippen LogP contribution is 2.22. The minimum atomic E-state index is -0.204. The highest BCUT2D eigenvalue weighted by Gasteiger charge is 2.34. The van der Waals surface area contributed by atoms with E-state index in [-0.39, 0.29) is 11.8 Å². The van der Waals surface area contributed by atoms with E-state index in [4.69, 9.17) is 16.3 Å². The first kappa shape index (κ1) is 15.6. The van der Waals surface area contributed by atoms with Crippen molar-refractivity contribution in [2.45, 2.75) is 12.8 Å². The minimum Gasteiger partial charge on any atom is -0.494 e. The summed E-state index contributed by atoms with van der Waals surface area (Å²) in [5, 5.41) is 0.669. The van der Waals surface area contributed by atoms with Crippen molar-refractivity contribution in [3.8, 4) is 5.75 Å². The van der Waals surface area contributed by atoms with E-state index in [9.17, 15) is 9.59 Å². The van der Waals surface area contributed by atoms with Crippen LogP contribution >= 0.6 is 11.6 Å². The molecule has 0 N–H and O–H groups in total. The highest BCUT2D eigenvalue weighted by molar-refractivity contribution is 6.30. The van der Waals surface area contributed by atoms with Gasteiger partial charge in [0, 0.05) is 11.6 Å². The van der Waals surface area contributed by atoms with Crippen molar-refractivity contribution in [2.24, 2.45) is 0 Å². The molecule has 3 rings (SSSR count). The van der Waals surface area contributed by atoms with E-state index in [2.05, 4.69) is 0 Å². The third-order valence-corrected chi connectivity index (χ3v) is 3.99. The number of hydrogen-bond donors (Lipinski definition) is 0. The van der Waals surface area contributed by atoms with Gasteiger partial charge < -0.3 is 4.74 Å². The number of imide groups is 1. The van der Waals surface area contributed by atoms with Crippen LogP contribution in [0.15, 0.2) is 48.5 Å². The lowest BCUT2D eigenvalue weighted by Crippen LogP contribution is -2.30. The van der Waals surface area contributed by atoms with Crippen LogP contribution in [0.4, 0.5) is 0 Å². The number of halogens is 1. The molecule has 2 amide bonds. The van der Waals surface area contributed by atoms with Gasteiger partial charge in [-0.25, -0.2) is 0 Å². The number of nitrogens with zero attached hydrogens (tertiary/aromatic N) is 1. The summed E-state index contributed by atoms with van der Waals surface area (Å²) in [6, 6.07) is 14.1. The van der Waals surface area contributed by atoms with Crippen LogP contribution in [-0.2, 0) is 0 Å². The lowest BCUT2D eigenvalue weighted by molar-refractivity contribution is 0.0649. The molecule has 23 heavy (non-hydrogen) atoms. The standard InChI is InChI=1S/C18H16ClNO3/c19-13-7-9-14(10-8-13)23-12-4-3-11-20-17(21)15-5-1-2-6-16(15)18(20)22/h1-2,5-10H,3-4,11-12H2. The summed E-state index contributed by atoms with van der Waals surface area (Å²) in [5.74, 6) is 0.351. The van der Waals surface area contributed by atoms with Gasteiger partial charge in [0.1, 0.15) is 5.75 Å². The van der Waals surface area contributed by atoms with Crippen molar-refractivity contribution in [1.82, 2.24) is 4.90 Å². The third kappa shape index (κ3) is 3.37. The van der Waals surface area contributed by atoms with E-state index >= 15 is 0 Å². The quantitative estimate of drug-likeness (QED) is 0.598. The summed E-state index contributed by atoms with van der Waals surface area (Å²) in [6.07, 6.45) is 1.47. The molecule has 1 heterocycles. The van der Waals surface area contributed by atoms with Crippen LogP contribution in [-0.4, -0.2) is 29.9 Å². The Labute approximate surface area is 139 Å². The summed E-state index contributed by atoms with van der Waals surface area (Å²) >= 11 is 5.81. The molecular weight excluding hydrogens is 314 g/mol. The number of rotatable bonds is 6. The molecule has 0 saturated carbocycles. The topological polar surface area (TPSA) is 46.6 Å². The van der Waals surface area contributed by atoms with Gasteiger partial charge >= 0.3 is 0 Å². The number of benzene rings is 2. The smallest absolute Gasteiger partial charge is 0.261 e. The van der Waals surface area contributed by atoms with E-state index < -0.39 is 0 Å². The molecule has 0 spiro atoms. The minimum absolute atomic E-state index is 0.204. The van der Waals surface area contributed by atoms with Crippen molar-refractivity contribution < 1.29 is 14.3 Å². The van der Waals surface area contributed by atoms with Crippen molar-refractivity contribution in [3.63, 3.8) is 0 Å². The van der Waals surface area contributed by atoms with Gasteiger partial charge in [0.15, 0.2) is 0 Å². The summed E-state index contributed by atoms with van der Waals surface area (Å²) in [4.78, 5) is 25.7. The fourth-order valence-electron chi connectivity index (χ4n) is 2.54. The molecular formula is C18H16ClNO3. The van der Waals surface area contributed by atoms with Crippen LogP contribution in [0.5, 0.6) is 5.75 Å². The van der Waals surface area contributed by atoms with Crippen molar-refractivity contribution in [1.29, 1.82) is 0 Å². The Hall–Kier alpha value is -2.33. The van der Waals surface area contributed by atoms with E-state index in [0.717, 1.165) is 12.2 Å². The van der Waals surface area contributed by atoms with E-state index in [1.165, 1.54) is 4.90 Å². The molecule has 0 unspecified atom stereocenters. The largest absolute Gasteiger partial charge is 0.494 e. The molecule has 4 nitrogen and oxygen atoms in total. The normalized spacial score (nSPS) is 13.3. The van der Waals surface area contributed by atoms with Gasteiger partial charge in [-0.05, 0) is 49.2 Å². The Morgan fingerprint density at radius 2 is 1.48 bits per heavy atom. The summed E-state index contributed by atoms with van der Waals surface area (Å²) in [7, 11) is 0. The number of amides is 2. The number of carbonyl (C=O) groups excluding carboxylic acids is 2. The zero-order valence-electron chi connectivity index (χ0n) is 12.5. The van der Waals surface area contributed by atoms with E-state index in [0.29, 0.717) is 35.7 Å². The molecule has 1 aliphatic heterocycles. The number of carbonyl (C=O) groups is 2. The number of ether oxygens (including phenoxy) is 1. The third-order valence-electron chi connectivity index (χ3n) is 3.74. The zero-order valence-corrected chi connectivity index (χ0v) is 13.3. The van der Waals surface area contributed by atoms with Gasteiger partial charge in [0.25, 0.3) is 11.8 Å². The molecule has 0 radical (unpaired) electrons. The predicted octanol–water partition coefficient (Wildman–Crippen LogP) is 3.80. The molecule has 118 valence electrons. The Morgan fingerprint density at radius 3 is 2.09 bits per heavy atom. The van der Waals surface area contributed by atoms with Crippen molar-refractivity contribution >= 4 is 23.4 Å². The Kier molecular flexibility index (Phi) is 4.63. The van der Waals surface area contributed by atoms with Gasteiger partial charge in [-0.2, -0.15) is 0 Å². The predicted molar refractivity (Wildman–Crippen MR) is 88.0 cm³/mol. The molecule has 1 aliphatic rings. The second-order valence-electron chi connectivity index (χ2n) is 5.32. The molecule has 5 heteroatoms. The van der Waals surface area contributed by atoms with Crippen LogP contribution in [0.2, 0.25) is 5.02 Å². The van der Waals surface area contributed by atoms with Crippen LogP contribution in [0.25, 0.3) is 0 Å². The SMILES string of the molecule is O=C1c2ccccc2C(=O)N1CCCCOc1ccc(Cl)cc1. The molecule has 0 bridgehead atoms. The first-order chi connectivity index (χ1) is 11.2. The average Bonchev–Trinajstić information content (AvgIpc) is 2.81. The molecule has 0 saturated heterocycles. The van der Waals surface area contributed by atoms with Crippen LogP contribution < -0.4 is 4.74 Å². The Bertz CT molecular complexity index is 692. The molecule has 2 aromatic carbocycles. The maximum Gasteiger partial charge on any atom is 0.261 e. The number of fused-ring (bicyclic) bond motifs is 1. The molecule has 0 atom stereocenters. The van der Waals surface area contributed by atoms with Crippen LogP contribution in [0.1, 0.15) is 33.6 Å².